The van der Waals surface area contributed by atoms with Crippen molar-refractivity contribution in [3.8, 4) is 0 Å². The molecule has 0 unspecified atom stereocenters. The fraction of sp³-hybridized carbons (Fsp3) is 0.286. The predicted octanol–water partition coefficient (Wildman–Crippen LogP) is 6.07. The molecule has 0 aliphatic heterocycles. The van der Waals surface area contributed by atoms with Gasteiger partial charge < -0.3 is 10.2 Å². The average molecular weight is 631 g/mol. The standard InChI is InChI=1S/C28H28Cl2F3N3O4S/c1-4-34-27(38)19(3)35(16-20-10-13-24(29)25(30)14-20)26(37)17-36(22-7-5-6-21(15-22)28(31,32)33)41(39,40)23-11-8-18(2)9-12-23/h5-15,19H,4,16-17H2,1-3H3,(H,34,38)/t19-/m1/s1. The summed E-state index contributed by atoms with van der Waals surface area (Å²) in [4.78, 5) is 27.5. The van der Waals surface area contributed by atoms with Crippen molar-refractivity contribution >= 4 is 50.7 Å². The highest BCUT2D eigenvalue weighted by Crippen LogP contribution is 2.33. The van der Waals surface area contributed by atoms with E-state index in [0.29, 0.717) is 15.9 Å². The number of hydrogen-bond donors (Lipinski definition) is 1. The molecule has 1 N–H and O–H groups in total. The summed E-state index contributed by atoms with van der Waals surface area (Å²) in [6, 6.07) is 12.9. The Balaban J connectivity index is 2.10. The lowest BCUT2D eigenvalue weighted by Gasteiger charge is -2.32. The highest BCUT2D eigenvalue weighted by Gasteiger charge is 2.35. The van der Waals surface area contributed by atoms with Gasteiger partial charge in [0.2, 0.25) is 11.8 Å². The summed E-state index contributed by atoms with van der Waals surface area (Å²) in [5.41, 5.74) is -0.200. The second kappa shape index (κ2) is 13.1. The van der Waals surface area contributed by atoms with Crippen molar-refractivity contribution in [1.82, 2.24) is 10.2 Å². The van der Waals surface area contributed by atoms with Gasteiger partial charge in [-0.25, -0.2) is 8.42 Å². The third-order valence-corrected chi connectivity index (χ3v) is 8.73. The molecule has 0 radical (unpaired) electrons. The topological polar surface area (TPSA) is 86.8 Å². The first-order valence-corrected chi connectivity index (χ1v) is 14.6. The van der Waals surface area contributed by atoms with E-state index in [1.54, 1.807) is 19.9 Å². The zero-order chi connectivity index (χ0) is 30.5. The Morgan fingerprint density at radius 3 is 2.22 bits per heavy atom. The SMILES string of the molecule is CCNC(=O)[C@@H](C)N(Cc1ccc(Cl)c(Cl)c1)C(=O)CN(c1cccc(C(F)(F)F)c1)S(=O)(=O)c1ccc(C)cc1. The van der Waals surface area contributed by atoms with Gasteiger partial charge in [0.1, 0.15) is 12.6 Å². The molecule has 7 nitrogen and oxygen atoms in total. The Labute approximate surface area is 246 Å². The molecule has 0 fully saturated rings. The smallest absolute Gasteiger partial charge is 0.355 e. The molecule has 0 saturated carbocycles. The van der Waals surface area contributed by atoms with Crippen molar-refractivity contribution in [2.24, 2.45) is 0 Å². The van der Waals surface area contributed by atoms with Gasteiger partial charge in [0.25, 0.3) is 10.0 Å². The number of sulfonamides is 1. The van der Waals surface area contributed by atoms with Crippen LogP contribution in [0.1, 0.15) is 30.5 Å². The summed E-state index contributed by atoms with van der Waals surface area (Å²) in [5, 5.41) is 3.09. The lowest BCUT2D eigenvalue weighted by molar-refractivity contribution is -0.139. The van der Waals surface area contributed by atoms with Gasteiger partial charge in [0, 0.05) is 13.1 Å². The molecule has 3 aromatic carbocycles. The molecule has 3 rings (SSSR count). The van der Waals surface area contributed by atoms with Crippen LogP contribution in [0.5, 0.6) is 0 Å². The number of halogens is 5. The van der Waals surface area contributed by atoms with Gasteiger partial charge in [-0.05, 0) is 68.8 Å². The summed E-state index contributed by atoms with van der Waals surface area (Å²) in [6.07, 6.45) is -4.76. The number of anilines is 1. The Morgan fingerprint density at radius 2 is 1.63 bits per heavy atom. The van der Waals surface area contributed by atoms with Crippen molar-refractivity contribution in [1.29, 1.82) is 0 Å². The fourth-order valence-corrected chi connectivity index (χ4v) is 5.67. The molecule has 3 aromatic rings. The summed E-state index contributed by atoms with van der Waals surface area (Å²) in [6.45, 7) is 4.13. The predicted molar refractivity (Wildman–Crippen MR) is 152 cm³/mol. The Morgan fingerprint density at radius 1 is 0.976 bits per heavy atom. The van der Waals surface area contributed by atoms with Gasteiger partial charge in [-0.2, -0.15) is 13.2 Å². The van der Waals surface area contributed by atoms with Crippen molar-refractivity contribution in [3.63, 3.8) is 0 Å². The molecule has 0 saturated heterocycles. The summed E-state index contributed by atoms with van der Waals surface area (Å²) in [7, 11) is -4.52. The molecule has 220 valence electrons. The minimum Gasteiger partial charge on any atom is -0.355 e. The zero-order valence-electron chi connectivity index (χ0n) is 22.4. The molecular formula is C28H28Cl2F3N3O4S. The maximum atomic E-state index is 13.8. The van der Waals surface area contributed by atoms with Crippen LogP contribution in [0.15, 0.2) is 71.6 Å². The third-order valence-electron chi connectivity index (χ3n) is 6.20. The van der Waals surface area contributed by atoms with E-state index in [2.05, 4.69) is 5.32 Å². The van der Waals surface area contributed by atoms with Crippen molar-refractivity contribution in [2.45, 2.75) is 44.4 Å². The lowest BCUT2D eigenvalue weighted by atomic mass is 10.1. The van der Waals surface area contributed by atoms with Crippen LogP contribution in [-0.2, 0) is 32.3 Å². The quantitative estimate of drug-likeness (QED) is 0.295. The number of carbonyl (C=O) groups excluding carboxylic acids is 2. The number of aryl methyl sites for hydroxylation is 1. The summed E-state index contributed by atoms with van der Waals surface area (Å²) < 4.78 is 68.8. The summed E-state index contributed by atoms with van der Waals surface area (Å²) >= 11 is 12.1. The number of rotatable bonds is 10. The third kappa shape index (κ3) is 7.93. The van der Waals surface area contributed by atoms with Crippen LogP contribution in [0.3, 0.4) is 0 Å². The fourth-order valence-electron chi connectivity index (χ4n) is 3.94. The first-order valence-electron chi connectivity index (χ1n) is 12.4. The molecule has 2 amide bonds. The molecule has 41 heavy (non-hydrogen) atoms. The van der Waals surface area contributed by atoms with E-state index >= 15 is 0 Å². The molecule has 1 atom stereocenters. The number of benzene rings is 3. The average Bonchev–Trinajstić information content (AvgIpc) is 2.91. The van der Waals surface area contributed by atoms with Crippen LogP contribution < -0.4 is 9.62 Å². The normalized spacial score (nSPS) is 12.5. The molecule has 0 aliphatic carbocycles. The number of likely N-dealkylation sites (N-methyl/N-ethyl adjacent to an activating group) is 1. The number of carbonyl (C=O) groups is 2. The van der Waals surface area contributed by atoms with E-state index in [-0.39, 0.29) is 33.7 Å². The minimum absolute atomic E-state index is 0.158. The van der Waals surface area contributed by atoms with Crippen LogP contribution in [0, 0.1) is 6.92 Å². The second-order valence-corrected chi connectivity index (χ2v) is 11.9. The number of nitrogens with one attached hydrogen (secondary N) is 1. The van der Waals surface area contributed by atoms with Crippen LogP contribution >= 0.6 is 23.2 Å². The first-order chi connectivity index (χ1) is 19.1. The van der Waals surface area contributed by atoms with Crippen molar-refractivity contribution in [3.05, 3.63) is 93.5 Å². The van der Waals surface area contributed by atoms with E-state index in [9.17, 15) is 31.2 Å². The monoisotopic (exact) mass is 629 g/mol. The van der Waals surface area contributed by atoms with Gasteiger partial charge in [-0.15, -0.1) is 0 Å². The highest BCUT2D eigenvalue weighted by atomic mass is 35.5. The van der Waals surface area contributed by atoms with Crippen LogP contribution in [0.25, 0.3) is 0 Å². The Bertz CT molecular complexity index is 1520. The number of nitrogens with zero attached hydrogens (tertiary/aromatic N) is 2. The molecular weight excluding hydrogens is 602 g/mol. The molecule has 13 heteroatoms. The van der Waals surface area contributed by atoms with Crippen LogP contribution in [0.2, 0.25) is 10.0 Å². The molecule has 0 bridgehead atoms. The highest BCUT2D eigenvalue weighted by molar-refractivity contribution is 7.92. The van der Waals surface area contributed by atoms with Gasteiger partial charge in [0.15, 0.2) is 0 Å². The Hall–Kier alpha value is -3.28. The number of amides is 2. The Kier molecular flexibility index (Phi) is 10.3. The minimum atomic E-state index is -4.76. The largest absolute Gasteiger partial charge is 0.416 e. The van der Waals surface area contributed by atoms with E-state index in [0.717, 1.165) is 22.6 Å². The second-order valence-electron chi connectivity index (χ2n) is 9.21. The van der Waals surface area contributed by atoms with E-state index < -0.39 is 46.2 Å². The van der Waals surface area contributed by atoms with E-state index in [1.807, 2.05) is 0 Å². The van der Waals surface area contributed by atoms with Gasteiger partial charge in [-0.3, -0.25) is 13.9 Å². The molecule has 0 aromatic heterocycles. The maximum Gasteiger partial charge on any atom is 0.416 e. The zero-order valence-corrected chi connectivity index (χ0v) is 24.7. The van der Waals surface area contributed by atoms with E-state index in [1.165, 1.54) is 49.4 Å². The molecule has 0 aliphatic rings. The van der Waals surface area contributed by atoms with Crippen molar-refractivity contribution < 1.29 is 31.2 Å². The summed E-state index contributed by atoms with van der Waals surface area (Å²) in [5.74, 6) is -1.34. The van der Waals surface area contributed by atoms with Gasteiger partial charge in [-0.1, -0.05) is 53.0 Å². The molecule has 0 spiro atoms. The van der Waals surface area contributed by atoms with Gasteiger partial charge >= 0.3 is 6.18 Å². The maximum absolute atomic E-state index is 13.8. The molecule has 0 heterocycles. The number of hydrogen-bond acceptors (Lipinski definition) is 4. The van der Waals surface area contributed by atoms with Crippen LogP contribution in [0.4, 0.5) is 18.9 Å². The first kappa shape index (κ1) is 32.2. The van der Waals surface area contributed by atoms with Crippen LogP contribution in [-0.4, -0.2) is 44.3 Å². The van der Waals surface area contributed by atoms with Crippen molar-refractivity contribution in [2.75, 3.05) is 17.4 Å². The van der Waals surface area contributed by atoms with Gasteiger partial charge in [0.05, 0.1) is 26.2 Å². The lowest BCUT2D eigenvalue weighted by Crippen LogP contribution is -2.51. The van der Waals surface area contributed by atoms with E-state index in [4.69, 9.17) is 23.2 Å². The number of alkyl halides is 3.